The Kier molecular flexibility index (Phi) is 8.56. The maximum Gasteiger partial charge on any atom is 0.416 e. The van der Waals surface area contributed by atoms with E-state index in [9.17, 15) is 35.9 Å². The molecule has 0 radical (unpaired) electrons. The standard InChI is InChI=1S/C32H23F7N4O3/c1-17(18-2-4-19(5-3-18)30(46)40-11-10-29(44)45)43-28(15-27(42-43)24-9-8-22(13-25(24)33)31(34,35)36)21-12-20-6-7-23(32(37,38)39)14-26(20)41-16-21/h2-9,12-17H,10-11H2,1H3,(H,40,46)(H,44,45). The van der Waals surface area contributed by atoms with Crippen LogP contribution in [0.3, 0.4) is 0 Å². The summed E-state index contributed by atoms with van der Waals surface area (Å²) in [6, 6.07) is 13.8. The van der Waals surface area contributed by atoms with Crippen LogP contribution in [-0.4, -0.2) is 38.3 Å². The fraction of sp³-hybridized carbons (Fsp3) is 0.188. The van der Waals surface area contributed by atoms with E-state index in [1.165, 1.54) is 35.1 Å². The highest BCUT2D eigenvalue weighted by Crippen LogP contribution is 2.37. The summed E-state index contributed by atoms with van der Waals surface area (Å²) in [6.45, 7) is 1.67. The first kappa shape index (κ1) is 32.1. The lowest BCUT2D eigenvalue weighted by Crippen LogP contribution is -2.26. The van der Waals surface area contributed by atoms with Gasteiger partial charge in [-0.05, 0) is 67.1 Å². The van der Waals surface area contributed by atoms with Crippen molar-refractivity contribution in [3.05, 3.63) is 107 Å². The number of carbonyl (C=O) groups is 2. The monoisotopic (exact) mass is 644 g/mol. The van der Waals surface area contributed by atoms with Crippen LogP contribution in [0.25, 0.3) is 33.4 Å². The average molecular weight is 645 g/mol. The number of halogens is 7. The first-order valence-electron chi connectivity index (χ1n) is 13.7. The minimum Gasteiger partial charge on any atom is -0.481 e. The van der Waals surface area contributed by atoms with Gasteiger partial charge >= 0.3 is 18.3 Å². The summed E-state index contributed by atoms with van der Waals surface area (Å²) in [7, 11) is 0. The maximum atomic E-state index is 15.0. The van der Waals surface area contributed by atoms with E-state index in [0.717, 1.165) is 24.3 Å². The third-order valence-electron chi connectivity index (χ3n) is 7.26. The number of hydrogen-bond acceptors (Lipinski definition) is 4. The lowest BCUT2D eigenvalue weighted by molar-refractivity contribution is -0.138. The number of benzene rings is 3. The molecule has 0 saturated carbocycles. The van der Waals surface area contributed by atoms with Gasteiger partial charge in [0.15, 0.2) is 0 Å². The molecule has 0 saturated heterocycles. The maximum absolute atomic E-state index is 15.0. The van der Waals surface area contributed by atoms with Crippen LogP contribution in [0.15, 0.2) is 79.0 Å². The number of carboxylic acids is 1. The van der Waals surface area contributed by atoms with Gasteiger partial charge in [-0.25, -0.2) is 4.39 Å². The quantitative estimate of drug-likeness (QED) is 0.168. The lowest BCUT2D eigenvalue weighted by atomic mass is 10.0. The number of hydrogen-bond donors (Lipinski definition) is 2. The molecule has 0 bridgehead atoms. The topological polar surface area (TPSA) is 97.1 Å². The largest absolute Gasteiger partial charge is 0.481 e. The van der Waals surface area contributed by atoms with Crippen LogP contribution in [0.1, 0.15) is 46.4 Å². The molecule has 0 aliphatic carbocycles. The highest BCUT2D eigenvalue weighted by atomic mass is 19.4. The third kappa shape index (κ3) is 6.85. The predicted octanol–water partition coefficient (Wildman–Crippen LogP) is 7.76. The van der Waals surface area contributed by atoms with Gasteiger partial charge in [-0.1, -0.05) is 18.2 Å². The summed E-state index contributed by atoms with van der Waals surface area (Å²) in [5, 5.41) is 16.1. The molecule has 2 aromatic heterocycles. The van der Waals surface area contributed by atoms with E-state index in [4.69, 9.17) is 5.11 Å². The lowest BCUT2D eigenvalue weighted by Gasteiger charge is -2.17. The first-order chi connectivity index (χ1) is 21.6. The average Bonchev–Trinajstić information content (AvgIpc) is 3.44. The van der Waals surface area contributed by atoms with Crippen LogP contribution in [0.4, 0.5) is 30.7 Å². The first-order valence-corrected chi connectivity index (χ1v) is 13.7. The zero-order chi connectivity index (χ0) is 33.4. The van der Waals surface area contributed by atoms with Gasteiger partial charge in [-0.15, -0.1) is 0 Å². The molecule has 5 rings (SSSR count). The zero-order valence-corrected chi connectivity index (χ0v) is 23.7. The van der Waals surface area contributed by atoms with E-state index >= 15 is 4.39 Å². The molecule has 7 nitrogen and oxygen atoms in total. The van der Waals surface area contributed by atoms with Gasteiger partial charge in [0.1, 0.15) is 5.82 Å². The molecular formula is C32H23F7N4O3. The Labute approximate surface area is 256 Å². The van der Waals surface area contributed by atoms with Crippen molar-refractivity contribution in [2.75, 3.05) is 6.54 Å². The summed E-state index contributed by atoms with van der Waals surface area (Å²) < 4.78 is 95.7. The Hall–Kier alpha value is -5.27. The van der Waals surface area contributed by atoms with Crippen molar-refractivity contribution in [3.8, 4) is 22.5 Å². The van der Waals surface area contributed by atoms with Crippen LogP contribution in [0, 0.1) is 5.82 Å². The number of aromatic nitrogens is 3. The summed E-state index contributed by atoms with van der Waals surface area (Å²) >= 11 is 0. The van der Waals surface area contributed by atoms with Gasteiger partial charge in [0.2, 0.25) is 0 Å². The molecule has 0 fully saturated rings. The predicted molar refractivity (Wildman–Crippen MR) is 153 cm³/mol. The molecule has 1 amide bonds. The van der Waals surface area contributed by atoms with E-state index in [1.54, 1.807) is 25.1 Å². The molecule has 14 heteroatoms. The van der Waals surface area contributed by atoms with Gasteiger partial charge in [-0.2, -0.15) is 31.4 Å². The van der Waals surface area contributed by atoms with E-state index in [1.807, 2.05) is 0 Å². The van der Waals surface area contributed by atoms with E-state index in [-0.39, 0.29) is 35.3 Å². The van der Waals surface area contributed by atoms with Crippen LogP contribution in [0.2, 0.25) is 0 Å². The van der Waals surface area contributed by atoms with Crippen molar-refractivity contribution in [2.24, 2.45) is 0 Å². The number of amides is 1. The number of pyridine rings is 1. The molecule has 0 aliphatic rings. The van der Waals surface area contributed by atoms with Crippen molar-refractivity contribution in [1.29, 1.82) is 0 Å². The third-order valence-corrected chi connectivity index (χ3v) is 7.26. The Morgan fingerprint density at radius 3 is 2.17 bits per heavy atom. The van der Waals surface area contributed by atoms with Gasteiger partial charge in [0.05, 0.1) is 40.5 Å². The van der Waals surface area contributed by atoms with Crippen LogP contribution in [-0.2, 0) is 17.1 Å². The van der Waals surface area contributed by atoms with Crippen molar-refractivity contribution >= 4 is 22.8 Å². The van der Waals surface area contributed by atoms with Crippen molar-refractivity contribution < 1.29 is 45.4 Å². The number of aliphatic carboxylic acids is 1. The van der Waals surface area contributed by atoms with Gasteiger partial charge < -0.3 is 10.4 Å². The second-order valence-electron chi connectivity index (χ2n) is 10.4. The molecule has 0 aliphatic heterocycles. The summed E-state index contributed by atoms with van der Waals surface area (Å²) in [6.07, 6.45) is -8.27. The van der Waals surface area contributed by atoms with E-state index in [0.29, 0.717) is 28.3 Å². The molecule has 2 N–H and O–H groups in total. The number of rotatable bonds is 8. The minimum atomic E-state index is -4.76. The highest BCUT2D eigenvalue weighted by molar-refractivity contribution is 5.94. The molecule has 1 unspecified atom stereocenters. The molecule has 238 valence electrons. The summed E-state index contributed by atoms with van der Waals surface area (Å²) in [5.41, 5.74) is -0.591. The van der Waals surface area contributed by atoms with Gasteiger partial charge in [0, 0.05) is 34.8 Å². The number of alkyl halides is 6. The normalized spacial score (nSPS) is 12.7. The molecule has 3 aromatic carbocycles. The van der Waals surface area contributed by atoms with Gasteiger partial charge in [0.25, 0.3) is 5.91 Å². The fourth-order valence-electron chi connectivity index (χ4n) is 4.81. The second kappa shape index (κ2) is 12.3. The zero-order valence-electron chi connectivity index (χ0n) is 23.7. The van der Waals surface area contributed by atoms with Crippen molar-refractivity contribution in [2.45, 2.75) is 31.7 Å². The van der Waals surface area contributed by atoms with Crippen LogP contribution < -0.4 is 5.32 Å². The molecular weight excluding hydrogens is 621 g/mol. The molecule has 2 heterocycles. The van der Waals surface area contributed by atoms with E-state index < -0.39 is 47.2 Å². The highest BCUT2D eigenvalue weighted by Gasteiger charge is 2.32. The Morgan fingerprint density at radius 2 is 1.54 bits per heavy atom. The minimum absolute atomic E-state index is 0.00461. The van der Waals surface area contributed by atoms with Crippen molar-refractivity contribution in [1.82, 2.24) is 20.1 Å². The molecule has 1 atom stereocenters. The Balaban J connectivity index is 1.55. The molecule has 46 heavy (non-hydrogen) atoms. The fourth-order valence-corrected chi connectivity index (χ4v) is 4.81. The second-order valence-corrected chi connectivity index (χ2v) is 10.4. The smallest absolute Gasteiger partial charge is 0.416 e. The Bertz CT molecular complexity index is 1930. The SMILES string of the molecule is CC(c1ccc(C(=O)NCCC(=O)O)cc1)n1nc(-c2ccc(C(F)(F)F)cc2F)cc1-c1cnc2cc(C(F)(F)F)ccc2c1. The number of carbonyl (C=O) groups excluding carboxylic acids is 1. The Morgan fingerprint density at radius 1 is 0.891 bits per heavy atom. The number of carboxylic acid groups (broad SMARTS) is 1. The van der Waals surface area contributed by atoms with Crippen LogP contribution >= 0.6 is 0 Å². The van der Waals surface area contributed by atoms with Crippen LogP contribution in [0.5, 0.6) is 0 Å². The summed E-state index contributed by atoms with van der Waals surface area (Å²) in [5.74, 6) is -2.72. The van der Waals surface area contributed by atoms with E-state index in [2.05, 4.69) is 15.4 Å². The summed E-state index contributed by atoms with van der Waals surface area (Å²) in [4.78, 5) is 27.3. The number of fused-ring (bicyclic) bond motifs is 1. The molecule has 5 aromatic rings. The molecule has 0 spiro atoms. The number of nitrogens with zero attached hydrogens (tertiary/aromatic N) is 3. The van der Waals surface area contributed by atoms with Crippen molar-refractivity contribution in [3.63, 3.8) is 0 Å². The number of nitrogens with one attached hydrogen (secondary N) is 1. The van der Waals surface area contributed by atoms with Gasteiger partial charge in [-0.3, -0.25) is 19.3 Å².